The molecule has 0 heterocycles. The zero-order valence-electron chi connectivity index (χ0n) is 10.4. The van der Waals surface area contributed by atoms with Crippen LogP contribution in [0, 0.1) is 0 Å². The number of hydrogen-bond donors (Lipinski definition) is 0. The Morgan fingerprint density at radius 3 is 2.29 bits per heavy atom. The normalized spacial score (nSPS) is 13.5. The van der Waals surface area contributed by atoms with Crippen LogP contribution in [0.3, 0.4) is 0 Å². The fraction of sp³-hybridized carbons (Fsp3) is 0.538. The molecular formula is C13H17BF3. The van der Waals surface area contributed by atoms with Crippen molar-refractivity contribution in [1.82, 2.24) is 0 Å². The molecule has 0 spiro atoms. The van der Waals surface area contributed by atoms with Gasteiger partial charge in [0.2, 0.25) is 0 Å². The molecule has 1 rings (SSSR count). The van der Waals surface area contributed by atoms with E-state index >= 15 is 0 Å². The van der Waals surface area contributed by atoms with Gasteiger partial charge in [0.15, 0.2) is 7.28 Å². The average Bonchev–Trinajstić information content (AvgIpc) is 2.27. The van der Waals surface area contributed by atoms with E-state index in [1.165, 1.54) is 12.1 Å². The molecule has 0 aliphatic heterocycles. The van der Waals surface area contributed by atoms with Crippen molar-refractivity contribution in [3.05, 3.63) is 29.3 Å². The van der Waals surface area contributed by atoms with Gasteiger partial charge in [0, 0.05) is 0 Å². The van der Waals surface area contributed by atoms with Gasteiger partial charge in [-0.2, -0.15) is 13.2 Å². The van der Waals surface area contributed by atoms with Crippen LogP contribution in [0.4, 0.5) is 13.2 Å². The molecule has 1 aromatic rings. The molecule has 0 aliphatic carbocycles. The molecule has 17 heavy (non-hydrogen) atoms. The summed E-state index contributed by atoms with van der Waals surface area (Å²) in [6, 6.07) is 4.34. The summed E-state index contributed by atoms with van der Waals surface area (Å²) < 4.78 is 38.2. The van der Waals surface area contributed by atoms with Crippen LogP contribution >= 0.6 is 0 Å². The van der Waals surface area contributed by atoms with Crippen LogP contribution in [-0.2, 0) is 6.18 Å². The molecule has 0 amide bonds. The summed E-state index contributed by atoms with van der Waals surface area (Å²) in [5, 5.41) is 0. The third kappa shape index (κ3) is 3.79. The molecule has 1 atom stereocenters. The first-order valence-electron chi connectivity index (χ1n) is 5.93. The fourth-order valence-corrected chi connectivity index (χ4v) is 1.71. The summed E-state index contributed by atoms with van der Waals surface area (Å²) >= 11 is 0. The Morgan fingerprint density at radius 1 is 1.18 bits per heavy atom. The lowest BCUT2D eigenvalue weighted by Gasteiger charge is -2.15. The fourth-order valence-electron chi connectivity index (χ4n) is 1.71. The van der Waals surface area contributed by atoms with Gasteiger partial charge >= 0.3 is 6.18 Å². The van der Waals surface area contributed by atoms with Crippen LogP contribution in [0.15, 0.2) is 18.2 Å². The SMILES string of the molecule is CC[B]c1cc(C(C)CC)cc(C(F)(F)F)c1. The van der Waals surface area contributed by atoms with Crippen molar-refractivity contribution in [2.75, 3.05) is 0 Å². The lowest BCUT2D eigenvalue weighted by molar-refractivity contribution is -0.137. The van der Waals surface area contributed by atoms with E-state index in [1.54, 1.807) is 0 Å². The lowest BCUT2D eigenvalue weighted by atomic mass is 9.67. The second-order valence-electron chi connectivity index (χ2n) is 4.31. The van der Waals surface area contributed by atoms with Crippen molar-refractivity contribution in [1.29, 1.82) is 0 Å². The van der Waals surface area contributed by atoms with Gasteiger partial charge in [-0.3, -0.25) is 0 Å². The molecule has 4 heteroatoms. The summed E-state index contributed by atoms with van der Waals surface area (Å²) in [6.45, 7) is 5.85. The van der Waals surface area contributed by atoms with Crippen LogP contribution in [0.5, 0.6) is 0 Å². The number of benzene rings is 1. The maximum atomic E-state index is 12.7. The Labute approximate surface area is 101 Å². The Hall–Kier alpha value is -0.925. The van der Waals surface area contributed by atoms with E-state index in [-0.39, 0.29) is 5.92 Å². The summed E-state index contributed by atoms with van der Waals surface area (Å²) in [6.07, 6.45) is -2.69. The van der Waals surface area contributed by atoms with Crippen molar-refractivity contribution < 1.29 is 13.2 Å². The predicted octanol–water partition coefficient (Wildman–Crippen LogP) is 3.99. The number of alkyl halides is 3. The minimum Gasteiger partial charge on any atom is -0.166 e. The van der Waals surface area contributed by atoms with Gasteiger partial charge in [-0.15, -0.1) is 0 Å². The monoisotopic (exact) mass is 241 g/mol. The Morgan fingerprint density at radius 2 is 1.82 bits per heavy atom. The van der Waals surface area contributed by atoms with Crippen LogP contribution < -0.4 is 5.46 Å². The van der Waals surface area contributed by atoms with E-state index in [0.29, 0.717) is 5.46 Å². The van der Waals surface area contributed by atoms with Crippen molar-refractivity contribution in [3.63, 3.8) is 0 Å². The molecule has 0 N–H and O–H groups in total. The zero-order valence-corrected chi connectivity index (χ0v) is 10.4. The molecule has 1 unspecified atom stereocenters. The third-order valence-corrected chi connectivity index (χ3v) is 2.93. The van der Waals surface area contributed by atoms with E-state index in [4.69, 9.17) is 0 Å². The smallest absolute Gasteiger partial charge is 0.166 e. The average molecular weight is 241 g/mol. The molecule has 1 aromatic carbocycles. The van der Waals surface area contributed by atoms with Crippen LogP contribution in [0.2, 0.25) is 6.32 Å². The molecule has 0 bridgehead atoms. The first-order valence-corrected chi connectivity index (χ1v) is 5.93. The minimum absolute atomic E-state index is 0.154. The third-order valence-electron chi connectivity index (χ3n) is 2.93. The van der Waals surface area contributed by atoms with E-state index in [2.05, 4.69) is 0 Å². The van der Waals surface area contributed by atoms with Crippen molar-refractivity contribution in [2.24, 2.45) is 0 Å². The molecule has 0 aromatic heterocycles. The molecule has 0 aliphatic rings. The van der Waals surface area contributed by atoms with E-state index < -0.39 is 11.7 Å². The molecule has 1 radical (unpaired) electrons. The standard InChI is InChI=1S/C13H17BF3/c1-4-9(3)10-6-11(13(15,16)17)8-12(7-10)14-5-2/h6-9H,4-5H2,1-3H3. The predicted molar refractivity (Wildman–Crippen MR) is 66.0 cm³/mol. The van der Waals surface area contributed by atoms with Crippen molar-refractivity contribution >= 4 is 12.7 Å². The summed E-state index contributed by atoms with van der Waals surface area (Å²) in [4.78, 5) is 0. The van der Waals surface area contributed by atoms with Gasteiger partial charge in [-0.1, -0.05) is 44.7 Å². The van der Waals surface area contributed by atoms with E-state index in [9.17, 15) is 13.2 Å². The molecule has 0 saturated heterocycles. The topological polar surface area (TPSA) is 0 Å². The van der Waals surface area contributed by atoms with Crippen LogP contribution in [0.1, 0.15) is 44.2 Å². The highest BCUT2D eigenvalue weighted by molar-refractivity contribution is 6.53. The largest absolute Gasteiger partial charge is 0.416 e. The zero-order chi connectivity index (χ0) is 13.1. The number of halogens is 3. The molecule has 0 nitrogen and oxygen atoms in total. The number of hydrogen-bond acceptors (Lipinski definition) is 0. The summed E-state index contributed by atoms with van der Waals surface area (Å²) in [5.41, 5.74) is 0.884. The first-order chi connectivity index (χ1) is 7.88. The van der Waals surface area contributed by atoms with Gasteiger partial charge < -0.3 is 0 Å². The molecular weight excluding hydrogens is 224 g/mol. The quantitative estimate of drug-likeness (QED) is 0.699. The highest BCUT2D eigenvalue weighted by Gasteiger charge is 2.31. The van der Waals surface area contributed by atoms with Gasteiger partial charge in [0.25, 0.3) is 0 Å². The maximum Gasteiger partial charge on any atom is 0.416 e. The summed E-state index contributed by atoms with van der Waals surface area (Å²) in [5.74, 6) is 0.154. The van der Waals surface area contributed by atoms with Gasteiger partial charge in [-0.25, -0.2) is 0 Å². The first kappa shape index (κ1) is 14.1. The van der Waals surface area contributed by atoms with Gasteiger partial charge in [-0.05, 0) is 24.0 Å². The Balaban J connectivity index is 3.18. The second kappa shape index (κ2) is 5.61. The van der Waals surface area contributed by atoms with Crippen LogP contribution in [0.25, 0.3) is 0 Å². The molecule has 0 fully saturated rings. The minimum atomic E-state index is -4.26. The Bertz CT molecular complexity index is 371. The van der Waals surface area contributed by atoms with E-state index in [1.807, 2.05) is 34.1 Å². The van der Waals surface area contributed by atoms with Gasteiger partial charge in [0.1, 0.15) is 0 Å². The molecule has 0 saturated carbocycles. The second-order valence-corrected chi connectivity index (χ2v) is 4.31. The summed E-state index contributed by atoms with van der Waals surface area (Å²) in [7, 11) is 1.82. The maximum absolute atomic E-state index is 12.7. The highest BCUT2D eigenvalue weighted by Crippen LogP contribution is 2.31. The molecule has 93 valence electrons. The van der Waals surface area contributed by atoms with Crippen molar-refractivity contribution in [3.8, 4) is 0 Å². The lowest BCUT2D eigenvalue weighted by Crippen LogP contribution is -2.18. The number of rotatable bonds is 4. The Kier molecular flexibility index (Phi) is 4.66. The highest BCUT2D eigenvalue weighted by atomic mass is 19.4. The van der Waals surface area contributed by atoms with Crippen molar-refractivity contribution in [2.45, 2.75) is 45.6 Å². The van der Waals surface area contributed by atoms with Crippen LogP contribution in [-0.4, -0.2) is 7.28 Å². The van der Waals surface area contributed by atoms with Gasteiger partial charge in [0.05, 0.1) is 5.56 Å². The van der Waals surface area contributed by atoms with E-state index in [0.717, 1.165) is 18.3 Å².